The zero-order valence-electron chi connectivity index (χ0n) is 12.4. The molecule has 0 atom stereocenters. The van der Waals surface area contributed by atoms with E-state index in [-0.39, 0.29) is 10.7 Å². The van der Waals surface area contributed by atoms with Gasteiger partial charge in [-0.3, -0.25) is 0 Å². The van der Waals surface area contributed by atoms with Crippen LogP contribution in [0.4, 0.5) is 11.6 Å². The first kappa shape index (κ1) is 15.2. The zero-order chi connectivity index (χ0) is 15.8. The average Bonchev–Trinajstić information content (AvgIpc) is 2.75. The Balaban J connectivity index is 2.73. The number of nitrogens with two attached hydrogens (primary N) is 1. The molecule has 0 saturated heterocycles. The number of anilines is 2. The highest BCUT2D eigenvalue weighted by Gasteiger charge is 2.27. The third-order valence-electron chi connectivity index (χ3n) is 3.07. The van der Waals surface area contributed by atoms with Crippen LogP contribution in [0.3, 0.4) is 0 Å². The van der Waals surface area contributed by atoms with E-state index in [1.807, 2.05) is 6.92 Å². The molecule has 0 bridgehead atoms. The van der Waals surface area contributed by atoms with Crippen molar-refractivity contribution in [3.8, 4) is 5.82 Å². The lowest BCUT2D eigenvalue weighted by Crippen LogP contribution is -2.19. The summed E-state index contributed by atoms with van der Waals surface area (Å²) in [5, 5.41) is 4.31. The summed E-state index contributed by atoms with van der Waals surface area (Å²) < 4.78 is 25.4. The second-order valence-electron chi connectivity index (χ2n) is 4.75. The Labute approximate surface area is 123 Å². The van der Waals surface area contributed by atoms with Gasteiger partial charge in [-0.05, 0) is 13.8 Å². The van der Waals surface area contributed by atoms with E-state index >= 15 is 0 Å². The van der Waals surface area contributed by atoms with Gasteiger partial charge in [0.25, 0.3) is 0 Å². The fourth-order valence-electron chi connectivity index (χ4n) is 1.89. The molecule has 0 spiro atoms. The highest BCUT2D eigenvalue weighted by atomic mass is 32.2. The van der Waals surface area contributed by atoms with Gasteiger partial charge in [0.05, 0.1) is 0 Å². The molecule has 21 heavy (non-hydrogen) atoms. The molecule has 0 radical (unpaired) electrons. The minimum atomic E-state index is -3.51. The first-order valence-electron chi connectivity index (χ1n) is 6.34. The Morgan fingerprint density at radius 1 is 1.38 bits per heavy atom. The summed E-state index contributed by atoms with van der Waals surface area (Å²) in [5.74, 6) is 0.792. The van der Waals surface area contributed by atoms with Crippen molar-refractivity contribution >= 4 is 21.5 Å². The van der Waals surface area contributed by atoms with Gasteiger partial charge in [0.1, 0.15) is 12.1 Å². The van der Waals surface area contributed by atoms with Crippen LogP contribution in [0, 0.1) is 6.92 Å². The largest absolute Gasteiger partial charge is 0.382 e. The standard InChI is InChI=1S/C12H18N6O2S/c1-5-17(3)12-10(21(4,19)20)11(13)18(16-12)9-6-8(2)14-7-15-9/h6-7H,5,13H2,1-4H3. The maximum Gasteiger partial charge on any atom is 0.182 e. The number of aromatic nitrogens is 4. The normalized spacial score (nSPS) is 11.6. The summed E-state index contributed by atoms with van der Waals surface area (Å²) in [6, 6.07) is 1.69. The highest BCUT2D eigenvalue weighted by Crippen LogP contribution is 2.30. The van der Waals surface area contributed by atoms with E-state index < -0.39 is 9.84 Å². The summed E-state index contributed by atoms with van der Waals surface area (Å²) in [6.07, 6.45) is 2.50. The maximum absolute atomic E-state index is 12.0. The van der Waals surface area contributed by atoms with Crippen molar-refractivity contribution in [2.75, 3.05) is 30.5 Å². The van der Waals surface area contributed by atoms with E-state index in [4.69, 9.17) is 5.73 Å². The van der Waals surface area contributed by atoms with Crippen LogP contribution in [0.2, 0.25) is 0 Å². The Morgan fingerprint density at radius 3 is 2.57 bits per heavy atom. The molecule has 8 nitrogen and oxygen atoms in total. The topological polar surface area (TPSA) is 107 Å². The minimum Gasteiger partial charge on any atom is -0.382 e. The number of nitrogen functional groups attached to an aromatic ring is 1. The molecule has 0 aliphatic heterocycles. The molecule has 9 heteroatoms. The number of sulfone groups is 1. The average molecular weight is 310 g/mol. The monoisotopic (exact) mass is 310 g/mol. The summed E-state index contributed by atoms with van der Waals surface area (Å²) in [5.41, 5.74) is 6.74. The van der Waals surface area contributed by atoms with Crippen molar-refractivity contribution in [1.29, 1.82) is 0 Å². The molecule has 2 N–H and O–H groups in total. The number of hydrogen-bond donors (Lipinski definition) is 1. The third kappa shape index (κ3) is 2.82. The molecular formula is C12H18N6O2S. The van der Waals surface area contributed by atoms with Crippen LogP contribution in [-0.2, 0) is 9.84 Å². The summed E-state index contributed by atoms with van der Waals surface area (Å²) in [6.45, 7) is 4.30. The smallest absolute Gasteiger partial charge is 0.182 e. The maximum atomic E-state index is 12.0. The van der Waals surface area contributed by atoms with Crippen LogP contribution in [0.5, 0.6) is 0 Å². The van der Waals surface area contributed by atoms with Crippen molar-refractivity contribution in [3.63, 3.8) is 0 Å². The Morgan fingerprint density at radius 2 is 2.05 bits per heavy atom. The van der Waals surface area contributed by atoms with Gasteiger partial charge in [-0.2, -0.15) is 4.68 Å². The molecule has 0 unspecified atom stereocenters. The van der Waals surface area contributed by atoms with Crippen LogP contribution >= 0.6 is 0 Å². The number of aryl methyl sites for hydroxylation is 1. The van der Waals surface area contributed by atoms with Crippen LogP contribution in [-0.4, -0.2) is 48.0 Å². The van der Waals surface area contributed by atoms with Crippen LogP contribution in [0.15, 0.2) is 17.3 Å². The molecule has 0 aliphatic carbocycles. The number of rotatable bonds is 4. The lowest BCUT2D eigenvalue weighted by atomic mass is 10.4. The number of hydrogen-bond acceptors (Lipinski definition) is 7. The SMILES string of the molecule is CCN(C)c1nn(-c2cc(C)ncn2)c(N)c1S(C)(=O)=O. The second-order valence-corrected chi connectivity index (χ2v) is 6.71. The molecule has 2 aromatic heterocycles. The Bertz CT molecular complexity index is 768. The quantitative estimate of drug-likeness (QED) is 0.871. The third-order valence-corrected chi connectivity index (χ3v) is 4.21. The van der Waals surface area contributed by atoms with Crippen LogP contribution < -0.4 is 10.6 Å². The van der Waals surface area contributed by atoms with Gasteiger partial charge in [-0.15, -0.1) is 5.10 Å². The molecule has 2 aromatic rings. The van der Waals surface area contributed by atoms with E-state index in [1.165, 1.54) is 11.0 Å². The predicted molar refractivity (Wildman–Crippen MR) is 80.4 cm³/mol. The lowest BCUT2D eigenvalue weighted by molar-refractivity contribution is 0.602. The van der Waals surface area contributed by atoms with Gasteiger partial charge in [0.15, 0.2) is 26.4 Å². The zero-order valence-corrected chi connectivity index (χ0v) is 13.2. The summed E-state index contributed by atoms with van der Waals surface area (Å²) in [4.78, 5) is 9.83. The van der Waals surface area contributed by atoms with Crippen LogP contribution in [0.25, 0.3) is 5.82 Å². The second kappa shape index (κ2) is 5.32. The molecule has 2 rings (SSSR count). The summed E-state index contributed by atoms with van der Waals surface area (Å²) >= 11 is 0. The van der Waals surface area contributed by atoms with E-state index in [0.29, 0.717) is 18.2 Å². The van der Waals surface area contributed by atoms with Gasteiger partial charge < -0.3 is 10.6 Å². The van der Waals surface area contributed by atoms with Crippen LogP contribution in [0.1, 0.15) is 12.6 Å². The molecule has 114 valence electrons. The molecule has 0 fully saturated rings. The van der Waals surface area contributed by atoms with E-state index in [1.54, 1.807) is 24.9 Å². The van der Waals surface area contributed by atoms with Gasteiger partial charge in [0, 0.05) is 31.6 Å². The summed E-state index contributed by atoms with van der Waals surface area (Å²) in [7, 11) is -1.75. The Hall–Kier alpha value is -2.16. The lowest BCUT2D eigenvalue weighted by Gasteiger charge is -2.14. The Kier molecular flexibility index (Phi) is 3.86. The highest BCUT2D eigenvalue weighted by molar-refractivity contribution is 7.91. The van der Waals surface area contributed by atoms with Gasteiger partial charge >= 0.3 is 0 Å². The van der Waals surface area contributed by atoms with E-state index in [2.05, 4.69) is 15.1 Å². The van der Waals surface area contributed by atoms with Crippen molar-refractivity contribution in [2.45, 2.75) is 18.7 Å². The molecule has 0 aliphatic rings. The van der Waals surface area contributed by atoms with Gasteiger partial charge in [-0.25, -0.2) is 18.4 Å². The van der Waals surface area contributed by atoms with E-state index in [0.717, 1.165) is 11.9 Å². The fraction of sp³-hybridized carbons (Fsp3) is 0.417. The van der Waals surface area contributed by atoms with Crippen molar-refractivity contribution < 1.29 is 8.42 Å². The number of nitrogens with zero attached hydrogens (tertiary/aromatic N) is 5. The van der Waals surface area contributed by atoms with Crippen molar-refractivity contribution in [3.05, 3.63) is 18.1 Å². The first-order chi connectivity index (χ1) is 9.75. The van der Waals surface area contributed by atoms with Crippen molar-refractivity contribution in [2.24, 2.45) is 0 Å². The molecule has 0 aromatic carbocycles. The first-order valence-corrected chi connectivity index (χ1v) is 8.23. The van der Waals surface area contributed by atoms with Gasteiger partial charge in [0.2, 0.25) is 0 Å². The van der Waals surface area contributed by atoms with E-state index in [9.17, 15) is 8.42 Å². The van der Waals surface area contributed by atoms with Crippen molar-refractivity contribution in [1.82, 2.24) is 19.7 Å². The van der Waals surface area contributed by atoms with Gasteiger partial charge in [-0.1, -0.05) is 0 Å². The molecule has 0 amide bonds. The molecular weight excluding hydrogens is 292 g/mol. The minimum absolute atomic E-state index is 0.0168. The predicted octanol–water partition coefficient (Wildman–Crippen LogP) is 0.413. The molecule has 0 saturated carbocycles. The fourth-order valence-corrected chi connectivity index (χ4v) is 2.89. The molecule has 2 heterocycles.